The molecule has 0 fully saturated rings. The van der Waals surface area contributed by atoms with Crippen LogP contribution >= 0.6 is 0 Å². The van der Waals surface area contributed by atoms with Crippen LogP contribution < -0.4 is 0 Å². The Kier molecular flexibility index (Phi) is 2.79. The fourth-order valence-electron chi connectivity index (χ4n) is 1.84. The molecule has 0 heterocycles. The number of hydrogen-bond donors (Lipinski definition) is 2. The molecule has 0 atom stereocenters. The van der Waals surface area contributed by atoms with Gasteiger partial charge in [0, 0.05) is 0 Å². The predicted octanol–water partition coefficient (Wildman–Crippen LogP) is 2.27. The molecule has 2 N–H and O–H groups in total. The zero-order chi connectivity index (χ0) is 13.3. The molecule has 0 saturated carbocycles. The lowest BCUT2D eigenvalue weighted by Crippen LogP contribution is -2.40. The topological polar surface area (TPSA) is 74.6 Å². The van der Waals surface area contributed by atoms with Crippen molar-refractivity contribution in [1.82, 2.24) is 0 Å². The van der Waals surface area contributed by atoms with Crippen molar-refractivity contribution in [1.29, 1.82) is 0 Å². The van der Waals surface area contributed by atoms with Crippen molar-refractivity contribution in [3.63, 3.8) is 0 Å². The number of carboxylic acid groups (broad SMARTS) is 2. The van der Waals surface area contributed by atoms with E-state index >= 15 is 0 Å². The summed E-state index contributed by atoms with van der Waals surface area (Å²) in [6.45, 7) is 1.20. The highest BCUT2D eigenvalue weighted by Crippen LogP contribution is 2.27. The number of carboxylic acids is 2. The van der Waals surface area contributed by atoms with Crippen molar-refractivity contribution in [2.45, 2.75) is 12.3 Å². The van der Waals surface area contributed by atoms with Crippen LogP contribution in [0.1, 0.15) is 12.5 Å². The van der Waals surface area contributed by atoms with Gasteiger partial charge in [-0.1, -0.05) is 36.4 Å². The van der Waals surface area contributed by atoms with Crippen LogP contribution in [0.2, 0.25) is 0 Å². The Morgan fingerprint density at radius 1 is 0.944 bits per heavy atom. The summed E-state index contributed by atoms with van der Waals surface area (Å²) in [4.78, 5) is 22.4. The van der Waals surface area contributed by atoms with E-state index < -0.39 is 17.4 Å². The smallest absolute Gasteiger partial charge is 0.325 e. The molecule has 92 valence electrons. The van der Waals surface area contributed by atoms with E-state index in [0.717, 1.165) is 10.8 Å². The molecule has 0 aliphatic carbocycles. The summed E-state index contributed by atoms with van der Waals surface area (Å²) < 4.78 is 0. The summed E-state index contributed by atoms with van der Waals surface area (Å²) in [7, 11) is 0. The molecule has 18 heavy (non-hydrogen) atoms. The molecule has 2 rings (SSSR count). The van der Waals surface area contributed by atoms with E-state index in [1.54, 1.807) is 18.2 Å². The van der Waals surface area contributed by atoms with E-state index in [4.69, 9.17) is 10.2 Å². The Morgan fingerprint density at radius 2 is 1.50 bits per heavy atom. The van der Waals surface area contributed by atoms with Crippen LogP contribution in [0, 0.1) is 0 Å². The maximum atomic E-state index is 11.2. The molecule has 0 saturated heterocycles. The molecule has 4 heteroatoms. The van der Waals surface area contributed by atoms with Gasteiger partial charge in [-0.3, -0.25) is 9.59 Å². The third-order valence-corrected chi connectivity index (χ3v) is 3.18. The lowest BCUT2D eigenvalue weighted by Gasteiger charge is -2.20. The second kappa shape index (κ2) is 4.14. The van der Waals surface area contributed by atoms with E-state index in [9.17, 15) is 9.59 Å². The highest BCUT2D eigenvalue weighted by atomic mass is 16.4. The first-order valence-electron chi connectivity index (χ1n) is 5.42. The number of fused-ring (bicyclic) bond motifs is 1. The lowest BCUT2D eigenvalue weighted by atomic mass is 9.82. The van der Waals surface area contributed by atoms with Crippen LogP contribution in [0.4, 0.5) is 0 Å². The van der Waals surface area contributed by atoms with E-state index in [0.29, 0.717) is 0 Å². The van der Waals surface area contributed by atoms with Crippen molar-refractivity contribution in [3.05, 3.63) is 48.0 Å². The van der Waals surface area contributed by atoms with Gasteiger partial charge in [0.25, 0.3) is 0 Å². The minimum Gasteiger partial charge on any atom is -0.480 e. The van der Waals surface area contributed by atoms with Crippen LogP contribution in [-0.4, -0.2) is 22.2 Å². The standard InChI is InChI=1S/C14H12O4/c1-14(12(15)16,13(17)18)11-7-6-9-4-2-3-5-10(9)8-11/h2-8H,1H3,(H,15,16)(H,17,18). The van der Waals surface area contributed by atoms with Crippen LogP contribution in [0.25, 0.3) is 10.8 Å². The van der Waals surface area contributed by atoms with Crippen molar-refractivity contribution < 1.29 is 19.8 Å². The maximum Gasteiger partial charge on any atom is 0.325 e. The van der Waals surface area contributed by atoms with Gasteiger partial charge < -0.3 is 10.2 Å². The first kappa shape index (κ1) is 12.1. The summed E-state index contributed by atoms with van der Waals surface area (Å²) in [5, 5.41) is 20.1. The molecule has 0 aromatic heterocycles. The van der Waals surface area contributed by atoms with Crippen LogP contribution in [0.5, 0.6) is 0 Å². The molecular weight excluding hydrogens is 232 g/mol. The Hall–Kier alpha value is -2.36. The van der Waals surface area contributed by atoms with Crippen LogP contribution in [-0.2, 0) is 15.0 Å². The minimum absolute atomic E-state index is 0.265. The van der Waals surface area contributed by atoms with Crippen molar-refractivity contribution in [2.75, 3.05) is 0 Å². The number of benzene rings is 2. The summed E-state index contributed by atoms with van der Waals surface area (Å²) in [5.41, 5.74) is -1.66. The monoisotopic (exact) mass is 244 g/mol. The Bertz CT molecular complexity index is 616. The van der Waals surface area contributed by atoms with Gasteiger partial charge in [0.1, 0.15) is 0 Å². The van der Waals surface area contributed by atoms with Crippen LogP contribution in [0.3, 0.4) is 0 Å². The average molecular weight is 244 g/mol. The molecule has 4 nitrogen and oxygen atoms in total. The SMILES string of the molecule is CC(C(=O)O)(C(=O)O)c1ccc2ccccc2c1. The van der Waals surface area contributed by atoms with Gasteiger partial charge in [-0.15, -0.1) is 0 Å². The Labute approximate surface area is 103 Å². The molecule has 0 radical (unpaired) electrons. The Balaban J connectivity index is 2.66. The number of carbonyl (C=O) groups is 2. The molecule has 0 spiro atoms. The minimum atomic E-state index is -1.93. The maximum absolute atomic E-state index is 11.2. The van der Waals surface area contributed by atoms with Gasteiger partial charge in [-0.05, 0) is 29.3 Å². The predicted molar refractivity (Wildman–Crippen MR) is 66.6 cm³/mol. The largest absolute Gasteiger partial charge is 0.480 e. The van der Waals surface area contributed by atoms with Gasteiger partial charge in [0.05, 0.1) is 0 Å². The Morgan fingerprint density at radius 3 is 2.06 bits per heavy atom. The van der Waals surface area contributed by atoms with Crippen molar-refractivity contribution >= 4 is 22.7 Å². The first-order valence-corrected chi connectivity index (χ1v) is 5.42. The van der Waals surface area contributed by atoms with Gasteiger partial charge >= 0.3 is 11.9 Å². The molecule has 0 aliphatic heterocycles. The second-order valence-corrected chi connectivity index (χ2v) is 4.30. The van der Waals surface area contributed by atoms with Gasteiger partial charge in [0.2, 0.25) is 0 Å². The van der Waals surface area contributed by atoms with E-state index in [1.165, 1.54) is 6.92 Å². The first-order chi connectivity index (χ1) is 8.46. The molecule has 0 unspecified atom stereocenters. The molecule has 2 aromatic rings. The van der Waals surface area contributed by atoms with Gasteiger partial charge in [0.15, 0.2) is 5.41 Å². The normalized spacial score (nSPS) is 11.4. The molecule has 0 aliphatic rings. The van der Waals surface area contributed by atoms with Crippen molar-refractivity contribution in [3.8, 4) is 0 Å². The van der Waals surface area contributed by atoms with Gasteiger partial charge in [-0.2, -0.15) is 0 Å². The zero-order valence-electron chi connectivity index (χ0n) is 9.75. The third-order valence-electron chi connectivity index (χ3n) is 3.18. The number of hydrogen-bond acceptors (Lipinski definition) is 2. The molecular formula is C14H12O4. The molecule has 2 aromatic carbocycles. The number of aliphatic carboxylic acids is 2. The average Bonchev–Trinajstić information content (AvgIpc) is 2.36. The summed E-state index contributed by atoms with van der Waals surface area (Å²) in [5.74, 6) is -2.74. The third kappa shape index (κ3) is 1.72. The van der Waals surface area contributed by atoms with Gasteiger partial charge in [-0.25, -0.2) is 0 Å². The summed E-state index contributed by atoms with van der Waals surface area (Å²) in [6.07, 6.45) is 0. The van der Waals surface area contributed by atoms with E-state index in [-0.39, 0.29) is 5.56 Å². The summed E-state index contributed by atoms with van der Waals surface area (Å²) in [6, 6.07) is 12.3. The fraction of sp³-hybridized carbons (Fsp3) is 0.143. The molecule has 0 amide bonds. The zero-order valence-corrected chi connectivity index (χ0v) is 9.75. The fourth-order valence-corrected chi connectivity index (χ4v) is 1.84. The highest BCUT2D eigenvalue weighted by molar-refractivity contribution is 6.05. The van der Waals surface area contributed by atoms with E-state index in [2.05, 4.69) is 0 Å². The quantitative estimate of drug-likeness (QED) is 0.812. The highest BCUT2D eigenvalue weighted by Gasteiger charge is 2.43. The number of rotatable bonds is 3. The second-order valence-electron chi connectivity index (χ2n) is 4.30. The van der Waals surface area contributed by atoms with Crippen LogP contribution in [0.15, 0.2) is 42.5 Å². The lowest BCUT2D eigenvalue weighted by molar-refractivity contribution is -0.156. The molecule has 0 bridgehead atoms. The van der Waals surface area contributed by atoms with Crippen molar-refractivity contribution in [2.24, 2.45) is 0 Å². The summed E-state index contributed by atoms with van der Waals surface area (Å²) >= 11 is 0. The van der Waals surface area contributed by atoms with E-state index in [1.807, 2.05) is 24.3 Å².